The van der Waals surface area contributed by atoms with Crippen molar-refractivity contribution in [2.45, 2.75) is 37.4 Å². The minimum Gasteiger partial charge on any atom is -0.459 e. The van der Waals surface area contributed by atoms with Crippen molar-refractivity contribution in [2.75, 3.05) is 6.61 Å². The average molecular weight is 627 g/mol. The first-order valence-electron chi connectivity index (χ1n) is 14.2. The molecule has 12 heteroatoms. The predicted octanol–water partition coefficient (Wildman–Crippen LogP) is 5.47. The number of benzene rings is 3. The van der Waals surface area contributed by atoms with Crippen LogP contribution in [0.3, 0.4) is 0 Å². The third kappa shape index (κ3) is 6.84. The maximum atomic E-state index is 13.4. The Morgan fingerprint density at radius 2 is 1.33 bits per heavy atom. The quantitative estimate of drug-likeness (QED) is 0.124. The number of fused-ring (bicyclic) bond motifs is 1. The molecule has 4 atom stereocenters. The molecule has 0 spiro atoms. The lowest BCUT2D eigenvalue weighted by Crippen LogP contribution is -2.46. The van der Waals surface area contributed by atoms with Crippen LogP contribution in [0, 0.1) is 0 Å². The lowest BCUT2D eigenvalue weighted by molar-refractivity contribution is -0.134. The molecular weight excluding hydrogens is 600 g/mol. The highest BCUT2D eigenvalue weighted by atomic mass is 35.5. The summed E-state index contributed by atoms with van der Waals surface area (Å²) in [6.45, 7) is -0.321. The molecule has 0 radical (unpaired) electrons. The predicted molar refractivity (Wildman–Crippen MR) is 161 cm³/mol. The zero-order chi connectivity index (χ0) is 31.2. The molecule has 1 aliphatic rings. The summed E-state index contributed by atoms with van der Waals surface area (Å²) in [4.78, 5) is 52.3. The Balaban J connectivity index is 1.36. The Morgan fingerprint density at radius 1 is 0.756 bits per heavy atom. The SMILES string of the molecule is O=C(OC[C@H]1O[C@@H](n2cnc3c(Cl)ncnc32)CC[C@@H](OC(=O)c2ccccc2)[C@@H]1OC(=O)c1ccccc1)c1ccccc1. The maximum Gasteiger partial charge on any atom is 0.338 e. The van der Waals surface area contributed by atoms with Crippen molar-refractivity contribution in [3.63, 3.8) is 0 Å². The van der Waals surface area contributed by atoms with Gasteiger partial charge in [0, 0.05) is 0 Å². The number of carbonyl (C=O) groups excluding carboxylic acids is 3. The smallest absolute Gasteiger partial charge is 0.338 e. The van der Waals surface area contributed by atoms with Crippen LogP contribution in [0.1, 0.15) is 50.1 Å². The number of carbonyl (C=O) groups is 3. The van der Waals surface area contributed by atoms with E-state index in [4.69, 9.17) is 30.5 Å². The van der Waals surface area contributed by atoms with Gasteiger partial charge in [-0.25, -0.2) is 29.3 Å². The van der Waals surface area contributed by atoms with Gasteiger partial charge < -0.3 is 18.9 Å². The molecule has 6 rings (SSSR count). The van der Waals surface area contributed by atoms with E-state index in [9.17, 15) is 14.4 Å². The van der Waals surface area contributed by atoms with Crippen LogP contribution in [0.4, 0.5) is 0 Å². The number of ether oxygens (including phenoxy) is 4. The Hall–Kier alpha value is -5.13. The molecule has 11 nitrogen and oxygen atoms in total. The van der Waals surface area contributed by atoms with Crippen LogP contribution >= 0.6 is 11.6 Å². The lowest BCUT2D eigenvalue weighted by atomic mass is 10.0. The number of rotatable bonds is 8. The highest BCUT2D eigenvalue weighted by molar-refractivity contribution is 6.33. The largest absolute Gasteiger partial charge is 0.459 e. The molecule has 2 aromatic heterocycles. The fraction of sp³-hybridized carbons (Fsp3) is 0.212. The third-order valence-corrected chi connectivity index (χ3v) is 7.57. The minimum atomic E-state index is -1.16. The van der Waals surface area contributed by atoms with E-state index in [1.807, 2.05) is 0 Å². The average Bonchev–Trinajstić information content (AvgIpc) is 3.45. The molecule has 1 aliphatic heterocycles. The highest BCUT2D eigenvalue weighted by Gasteiger charge is 2.42. The Labute approximate surface area is 262 Å². The second-order valence-electron chi connectivity index (χ2n) is 10.2. The second kappa shape index (κ2) is 13.7. The monoisotopic (exact) mass is 626 g/mol. The van der Waals surface area contributed by atoms with E-state index >= 15 is 0 Å². The zero-order valence-electron chi connectivity index (χ0n) is 23.8. The first-order chi connectivity index (χ1) is 22.0. The van der Waals surface area contributed by atoms with Gasteiger partial charge in [-0.1, -0.05) is 66.2 Å². The van der Waals surface area contributed by atoms with Gasteiger partial charge in [0.2, 0.25) is 0 Å². The lowest BCUT2D eigenvalue weighted by Gasteiger charge is -2.31. The van der Waals surface area contributed by atoms with Crippen molar-refractivity contribution in [1.29, 1.82) is 0 Å². The Bertz CT molecular complexity index is 1790. The molecule has 0 amide bonds. The summed E-state index contributed by atoms with van der Waals surface area (Å²) >= 11 is 6.25. The molecule has 5 aromatic rings. The van der Waals surface area contributed by atoms with E-state index in [0.717, 1.165) is 0 Å². The van der Waals surface area contributed by atoms with Crippen LogP contribution in [0.5, 0.6) is 0 Å². The van der Waals surface area contributed by atoms with E-state index in [2.05, 4.69) is 15.0 Å². The topological polar surface area (TPSA) is 132 Å². The van der Waals surface area contributed by atoms with E-state index in [-0.39, 0.29) is 18.2 Å². The van der Waals surface area contributed by atoms with Crippen LogP contribution in [0.15, 0.2) is 104 Å². The zero-order valence-corrected chi connectivity index (χ0v) is 24.5. The van der Waals surface area contributed by atoms with Gasteiger partial charge in [-0.3, -0.25) is 4.57 Å². The molecular formula is C33H27ClN4O7. The first kappa shape index (κ1) is 29.9. The Kier molecular flexibility index (Phi) is 9.09. The van der Waals surface area contributed by atoms with E-state index in [0.29, 0.717) is 34.3 Å². The first-order valence-corrected chi connectivity index (χ1v) is 14.6. The van der Waals surface area contributed by atoms with Crippen LogP contribution in [0.2, 0.25) is 5.15 Å². The summed E-state index contributed by atoms with van der Waals surface area (Å²) in [6, 6.07) is 25.4. The van der Waals surface area contributed by atoms with Crippen LogP contribution in [-0.4, -0.2) is 62.3 Å². The van der Waals surface area contributed by atoms with Gasteiger partial charge in [0.05, 0.1) is 23.0 Å². The summed E-state index contributed by atoms with van der Waals surface area (Å²) in [7, 11) is 0. The molecule has 45 heavy (non-hydrogen) atoms. The van der Waals surface area contributed by atoms with Gasteiger partial charge >= 0.3 is 17.9 Å². The Morgan fingerprint density at radius 3 is 1.96 bits per heavy atom. The molecule has 1 saturated heterocycles. The summed E-state index contributed by atoms with van der Waals surface area (Å²) < 4.78 is 25.9. The minimum absolute atomic E-state index is 0.171. The maximum absolute atomic E-state index is 13.4. The van der Waals surface area contributed by atoms with Gasteiger partial charge in [-0.15, -0.1) is 0 Å². The molecule has 3 aromatic carbocycles. The summed E-state index contributed by atoms with van der Waals surface area (Å²) in [5.41, 5.74) is 1.74. The van der Waals surface area contributed by atoms with Gasteiger partial charge in [-0.05, 0) is 49.2 Å². The number of imidazole rings is 1. The van der Waals surface area contributed by atoms with Crippen molar-refractivity contribution in [3.8, 4) is 0 Å². The number of halogens is 1. The number of nitrogens with zero attached hydrogens (tertiary/aromatic N) is 4. The molecule has 0 aliphatic carbocycles. The molecule has 228 valence electrons. The van der Waals surface area contributed by atoms with Gasteiger partial charge in [0.1, 0.15) is 36.9 Å². The second-order valence-corrected chi connectivity index (χ2v) is 10.6. The van der Waals surface area contributed by atoms with Crippen molar-refractivity contribution in [2.24, 2.45) is 0 Å². The number of hydrogen-bond acceptors (Lipinski definition) is 10. The van der Waals surface area contributed by atoms with Crippen LogP contribution in [0.25, 0.3) is 11.2 Å². The van der Waals surface area contributed by atoms with E-state index in [1.54, 1.807) is 95.6 Å². The molecule has 3 heterocycles. The van der Waals surface area contributed by atoms with Crippen molar-refractivity contribution < 1.29 is 33.3 Å². The normalized spacial score (nSPS) is 19.8. The van der Waals surface area contributed by atoms with Crippen molar-refractivity contribution in [1.82, 2.24) is 19.5 Å². The highest BCUT2D eigenvalue weighted by Crippen LogP contribution is 2.33. The van der Waals surface area contributed by atoms with Crippen LogP contribution in [-0.2, 0) is 18.9 Å². The number of esters is 3. The van der Waals surface area contributed by atoms with Gasteiger partial charge in [-0.2, -0.15) is 0 Å². The fourth-order valence-corrected chi connectivity index (χ4v) is 5.25. The molecule has 0 unspecified atom stereocenters. The summed E-state index contributed by atoms with van der Waals surface area (Å²) in [5.74, 6) is -1.86. The van der Waals surface area contributed by atoms with Gasteiger partial charge in [0.15, 0.2) is 16.9 Å². The van der Waals surface area contributed by atoms with E-state index < -0.39 is 42.4 Å². The fourth-order valence-electron chi connectivity index (χ4n) is 5.07. The number of hydrogen-bond donors (Lipinski definition) is 0. The standard InChI is InChI=1S/C33H27ClN4O7/c34-29-27-30(36-19-35-29)38(20-37-27)26-17-16-24(44-32(40)22-12-6-2-7-13-22)28(45-33(41)23-14-8-3-9-15-23)25(43-26)18-42-31(39)21-10-4-1-5-11-21/h1-15,19-20,24-26,28H,16-18H2/t24-,25-,26-,28+/m1/s1. The van der Waals surface area contributed by atoms with E-state index in [1.165, 1.54) is 12.7 Å². The molecule has 1 fully saturated rings. The van der Waals surface area contributed by atoms with Gasteiger partial charge in [0.25, 0.3) is 0 Å². The van der Waals surface area contributed by atoms with Crippen LogP contribution < -0.4 is 0 Å². The third-order valence-electron chi connectivity index (χ3n) is 7.30. The summed E-state index contributed by atoms with van der Waals surface area (Å²) in [6.07, 6.45) is -0.589. The van der Waals surface area contributed by atoms with Crippen molar-refractivity contribution in [3.05, 3.63) is 125 Å². The molecule has 0 N–H and O–H groups in total. The van der Waals surface area contributed by atoms with Crippen molar-refractivity contribution >= 4 is 40.7 Å². The molecule has 0 saturated carbocycles. The number of aromatic nitrogens is 4. The molecule has 0 bridgehead atoms. The summed E-state index contributed by atoms with van der Waals surface area (Å²) in [5, 5.41) is 0.171.